The van der Waals surface area contributed by atoms with Gasteiger partial charge in [-0.2, -0.15) is 0 Å². The lowest BCUT2D eigenvalue weighted by Gasteiger charge is -2.46. The van der Waals surface area contributed by atoms with Gasteiger partial charge in [0.15, 0.2) is 11.7 Å². The molecule has 0 radical (unpaired) electrons. The maximum absolute atomic E-state index is 12.9. The van der Waals surface area contributed by atoms with E-state index in [0.29, 0.717) is 12.8 Å². The van der Waals surface area contributed by atoms with E-state index in [0.717, 1.165) is 12.8 Å². The van der Waals surface area contributed by atoms with E-state index in [1.54, 1.807) is 0 Å². The van der Waals surface area contributed by atoms with Gasteiger partial charge in [-0.15, -0.1) is 0 Å². The first-order chi connectivity index (χ1) is 12.3. The Morgan fingerprint density at radius 1 is 1.19 bits per heavy atom. The number of hydrogen-bond acceptors (Lipinski definition) is 7. The Hall–Kier alpha value is -1.18. The molecule has 3 heterocycles. The van der Waals surface area contributed by atoms with E-state index in [4.69, 9.17) is 23.7 Å². The molecule has 5 aliphatic rings. The van der Waals surface area contributed by atoms with Crippen LogP contribution in [0.5, 0.6) is 0 Å². The minimum atomic E-state index is -1.00. The molecule has 0 amide bonds. The van der Waals surface area contributed by atoms with Crippen LogP contribution in [0.15, 0.2) is 0 Å². The molecular weight excluding hydrogens is 340 g/mol. The summed E-state index contributed by atoms with van der Waals surface area (Å²) < 4.78 is 28.9. The highest BCUT2D eigenvalue weighted by Crippen LogP contribution is 2.82. The maximum atomic E-state index is 12.9. The number of carbonyl (C=O) groups is 2. The Morgan fingerprint density at radius 2 is 1.96 bits per heavy atom. The van der Waals surface area contributed by atoms with E-state index in [1.165, 1.54) is 7.11 Å². The molecule has 5 fully saturated rings. The Morgan fingerprint density at radius 3 is 2.65 bits per heavy atom. The number of hydrogen-bond donors (Lipinski definition) is 0. The lowest BCUT2D eigenvalue weighted by Crippen LogP contribution is -2.58. The van der Waals surface area contributed by atoms with Crippen LogP contribution < -0.4 is 0 Å². The smallest absolute Gasteiger partial charge is 0.339 e. The second-order valence-corrected chi connectivity index (χ2v) is 9.47. The topological polar surface area (TPSA) is 80.3 Å². The van der Waals surface area contributed by atoms with Crippen molar-refractivity contribution in [1.82, 2.24) is 0 Å². The molecule has 0 aromatic rings. The van der Waals surface area contributed by atoms with Crippen molar-refractivity contribution in [3.8, 4) is 0 Å². The summed E-state index contributed by atoms with van der Waals surface area (Å²) in [6.45, 7) is 6.48. The van der Waals surface area contributed by atoms with Gasteiger partial charge >= 0.3 is 11.9 Å². The summed E-state index contributed by atoms with van der Waals surface area (Å²) in [5.74, 6) is -0.648. The molecule has 0 aromatic carbocycles. The van der Waals surface area contributed by atoms with Gasteiger partial charge in [-0.1, -0.05) is 20.8 Å². The number of methoxy groups -OCH3 is 1. The summed E-state index contributed by atoms with van der Waals surface area (Å²) in [4.78, 5) is 25.7. The molecule has 5 rings (SSSR count). The fraction of sp³-hybridized carbons (Fsp3) is 0.895. The first kappa shape index (κ1) is 17.0. The number of rotatable bonds is 3. The molecule has 144 valence electrons. The van der Waals surface area contributed by atoms with Gasteiger partial charge in [0.05, 0.1) is 10.8 Å². The molecule has 7 atom stereocenters. The van der Waals surface area contributed by atoms with Gasteiger partial charge in [0.2, 0.25) is 6.29 Å². The summed E-state index contributed by atoms with van der Waals surface area (Å²) in [5.41, 5.74) is -2.43. The summed E-state index contributed by atoms with van der Waals surface area (Å²) in [6, 6.07) is 0. The summed E-state index contributed by atoms with van der Waals surface area (Å²) in [6.07, 6.45) is 1.16. The van der Waals surface area contributed by atoms with Crippen LogP contribution in [0.2, 0.25) is 0 Å². The van der Waals surface area contributed by atoms with Crippen LogP contribution >= 0.6 is 0 Å². The predicted octanol–water partition coefficient (Wildman–Crippen LogP) is 1.78. The van der Waals surface area contributed by atoms with Crippen LogP contribution in [-0.4, -0.2) is 49.9 Å². The molecule has 0 bridgehead atoms. The minimum absolute atomic E-state index is 0.00630. The van der Waals surface area contributed by atoms with Crippen molar-refractivity contribution in [1.29, 1.82) is 0 Å². The third-order valence-corrected chi connectivity index (χ3v) is 7.72. The first-order valence-corrected chi connectivity index (χ1v) is 9.45. The Bertz CT molecular complexity index is 684. The van der Waals surface area contributed by atoms with Gasteiger partial charge in [-0.25, -0.2) is 9.59 Å². The van der Waals surface area contributed by atoms with Gasteiger partial charge in [-0.3, -0.25) is 0 Å². The monoisotopic (exact) mass is 366 g/mol. The first-order valence-electron chi connectivity index (χ1n) is 9.45. The highest BCUT2D eigenvalue weighted by Gasteiger charge is 2.93. The van der Waals surface area contributed by atoms with Gasteiger partial charge in [0.25, 0.3) is 0 Å². The van der Waals surface area contributed by atoms with Crippen LogP contribution in [0.25, 0.3) is 0 Å². The molecule has 3 saturated heterocycles. The number of carbonyl (C=O) groups excluding carboxylic acids is 2. The van der Waals surface area contributed by atoms with Gasteiger partial charge in [0.1, 0.15) is 12.9 Å². The van der Waals surface area contributed by atoms with Gasteiger partial charge in [0, 0.05) is 7.11 Å². The minimum Gasteiger partial charge on any atom is -0.459 e. The molecular formula is C19H26O7. The van der Waals surface area contributed by atoms with E-state index in [-0.39, 0.29) is 30.2 Å². The van der Waals surface area contributed by atoms with Crippen molar-refractivity contribution in [2.75, 3.05) is 13.9 Å². The van der Waals surface area contributed by atoms with Crippen LogP contribution in [0, 0.1) is 22.2 Å². The molecule has 3 aliphatic heterocycles. The van der Waals surface area contributed by atoms with E-state index < -0.39 is 34.8 Å². The quantitative estimate of drug-likeness (QED) is 0.556. The third kappa shape index (κ3) is 1.48. The summed E-state index contributed by atoms with van der Waals surface area (Å²) in [7, 11) is 1.53. The standard InChI is InChI=1S/C19H26O7/c1-16(2,3)10-8-11-17-6-5-7-18(17,14(21)24-11)26-15-19(10,17)12(13(20)25-15)23-9-22-4/h10-12,15H,5-9H2,1-4H3/t10-,11+,12+,15-,17?,18+,19-/m0/s1. The summed E-state index contributed by atoms with van der Waals surface area (Å²) in [5, 5.41) is 0. The zero-order valence-corrected chi connectivity index (χ0v) is 15.7. The fourth-order valence-electron chi connectivity index (χ4n) is 7.19. The van der Waals surface area contributed by atoms with Crippen molar-refractivity contribution in [2.24, 2.45) is 22.2 Å². The zero-order valence-electron chi connectivity index (χ0n) is 15.7. The molecule has 0 N–H and O–H groups in total. The highest BCUT2D eigenvalue weighted by molar-refractivity contribution is 5.88. The number of esters is 2. The third-order valence-electron chi connectivity index (χ3n) is 7.72. The molecule has 7 nitrogen and oxygen atoms in total. The average Bonchev–Trinajstić information content (AvgIpc) is 3.23. The number of ether oxygens (including phenoxy) is 5. The van der Waals surface area contributed by atoms with Crippen LogP contribution in [-0.2, 0) is 33.3 Å². The molecule has 7 heteroatoms. The largest absolute Gasteiger partial charge is 0.459 e. The lowest BCUT2D eigenvalue weighted by molar-refractivity contribution is -0.197. The van der Waals surface area contributed by atoms with E-state index >= 15 is 0 Å². The van der Waals surface area contributed by atoms with Gasteiger partial charge < -0.3 is 23.7 Å². The van der Waals surface area contributed by atoms with Crippen molar-refractivity contribution in [2.45, 2.75) is 70.6 Å². The molecule has 0 aromatic heterocycles. The van der Waals surface area contributed by atoms with Crippen molar-refractivity contribution < 1.29 is 33.3 Å². The van der Waals surface area contributed by atoms with Crippen molar-refractivity contribution in [3.63, 3.8) is 0 Å². The maximum Gasteiger partial charge on any atom is 0.339 e. The van der Waals surface area contributed by atoms with Crippen LogP contribution in [0.4, 0.5) is 0 Å². The highest BCUT2D eigenvalue weighted by atomic mass is 16.8. The lowest BCUT2D eigenvalue weighted by atomic mass is 9.52. The molecule has 2 aliphatic carbocycles. The second-order valence-electron chi connectivity index (χ2n) is 9.47. The van der Waals surface area contributed by atoms with Crippen molar-refractivity contribution in [3.05, 3.63) is 0 Å². The van der Waals surface area contributed by atoms with Crippen molar-refractivity contribution >= 4 is 11.9 Å². The van der Waals surface area contributed by atoms with Gasteiger partial charge in [-0.05, 0) is 37.0 Å². The SMILES string of the molecule is COCO[C@@H]1C(=O)O[C@H]2O[C@@]34CCCC35[C@@H](C[C@@H](C(C)(C)C)[C@@]215)OC4=O. The normalized spacial score (nSPS) is 51.2. The van der Waals surface area contributed by atoms with E-state index in [1.807, 2.05) is 0 Å². The van der Waals surface area contributed by atoms with Crippen LogP contribution in [0.1, 0.15) is 46.5 Å². The predicted molar refractivity (Wildman–Crippen MR) is 86.6 cm³/mol. The molecule has 2 spiro atoms. The summed E-state index contributed by atoms with van der Waals surface area (Å²) >= 11 is 0. The van der Waals surface area contributed by atoms with E-state index in [9.17, 15) is 9.59 Å². The Labute approximate surface area is 152 Å². The second kappa shape index (κ2) is 4.80. The average molecular weight is 366 g/mol. The Balaban J connectivity index is 1.75. The molecule has 26 heavy (non-hydrogen) atoms. The van der Waals surface area contributed by atoms with E-state index in [2.05, 4.69) is 20.8 Å². The Kier molecular flexibility index (Phi) is 3.13. The fourth-order valence-corrected chi connectivity index (χ4v) is 7.19. The zero-order chi connectivity index (χ0) is 18.5. The van der Waals surface area contributed by atoms with Crippen LogP contribution in [0.3, 0.4) is 0 Å². The molecule has 1 unspecified atom stereocenters. The molecule has 2 saturated carbocycles.